The average Bonchev–Trinajstić information content (AvgIpc) is 2.81. The first-order valence-corrected chi connectivity index (χ1v) is 7.19. The highest BCUT2D eigenvalue weighted by molar-refractivity contribution is 7.07. The lowest BCUT2D eigenvalue weighted by Crippen LogP contribution is -2.20. The van der Waals surface area contributed by atoms with Crippen molar-refractivity contribution in [1.29, 1.82) is 0 Å². The van der Waals surface area contributed by atoms with Gasteiger partial charge in [0, 0.05) is 6.04 Å². The second-order valence-corrected chi connectivity index (χ2v) is 4.87. The van der Waals surface area contributed by atoms with Crippen LogP contribution in [-0.4, -0.2) is 6.54 Å². The van der Waals surface area contributed by atoms with Crippen LogP contribution in [-0.2, 0) is 0 Å². The van der Waals surface area contributed by atoms with Gasteiger partial charge in [0.05, 0.1) is 0 Å². The largest absolute Gasteiger partial charge is 0.310 e. The first kappa shape index (κ1) is 13.5. The second-order valence-electron chi connectivity index (χ2n) is 4.09. The van der Waals surface area contributed by atoms with Crippen LogP contribution in [0, 0.1) is 0 Å². The predicted molar refractivity (Wildman–Crippen MR) is 74.0 cm³/mol. The fourth-order valence-corrected chi connectivity index (χ4v) is 2.63. The van der Waals surface area contributed by atoms with Gasteiger partial charge in [-0.3, -0.25) is 0 Å². The van der Waals surface area contributed by atoms with E-state index < -0.39 is 0 Å². The number of allylic oxidation sites excluding steroid dienone is 1. The topological polar surface area (TPSA) is 12.0 Å². The lowest BCUT2D eigenvalue weighted by atomic mass is 10.0. The van der Waals surface area contributed by atoms with E-state index in [0.29, 0.717) is 6.04 Å². The van der Waals surface area contributed by atoms with Crippen LogP contribution in [0.4, 0.5) is 0 Å². The van der Waals surface area contributed by atoms with E-state index >= 15 is 0 Å². The van der Waals surface area contributed by atoms with Crippen molar-refractivity contribution >= 4 is 11.3 Å². The monoisotopic (exact) mass is 237 g/mol. The molecule has 1 N–H and O–H groups in total. The highest BCUT2D eigenvalue weighted by Crippen LogP contribution is 2.22. The van der Waals surface area contributed by atoms with Gasteiger partial charge in [0.15, 0.2) is 0 Å². The molecule has 1 atom stereocenters. The zero-order valence-electron chi connectivity index (χ0n) is 10.2. The lowest BCUT2D eigenvalue weighted by molar-refractivity contribution is 0.485. The molecule has 0 saturated carbocycles. The van der Waals surface area contributed by atoms with Gasteiger partial charge in [-0.25, -0.2) is 0 Å². The molecule has 2 heteroatoms. The molecule has 16 heavy (non-hydrogen) atoms. The standard InChI is InChI=1S/C14H23NS/c1-3-5-6-7-8-9-14(15-4-2)13-10-11-16-12-13/h3,10-12,14-15H,1,4-9H2,2H3. The van der Waals surface area contributed by atoms with E-state index in [-0.39, 0.29) is 0 Å². The van der Waals surface area contributed by atoms with E-state index in [1.165, 1.54) is 31.2 Å². The van der Waals surface area contributed by atoms with Crippen LogP contribution in [0.15, 0.2) is 29.5 Å². The first-order chi connectivity index (χ1) is 7.88. The van der Waals surface area contributed by atoms with Crippen LogP contribution in [0.5, 0.6) is 0 Å². The van der Waals surface area contributed by atoms with E-state index in [1.54, 1.807) is 11.3 Å². The van der Waals surface area contributed by atoms with Gasteiger partial charge in [0.25, 0.3) is 0 Å². The highest BCUT2D eigenvalue weighted by Gasteiger charge is 2.09. The van der Waals surface area contributed by atoms with E-state index in [0.717, 1.165) is 13.0 Å². The summed E-state index contributed by atoms with van der Waals surface area (Å²) in [6.45, 7) is 6.98. The summed E-state index contributed by atoms with van der Waals surface area (Å²) in [5.41, 5.74) is 1.45. The number of hydrogen-bond donors (Lipinski definition) is 1. The van der Waals surface area contributed by atoms with Crippen molar-refractivity contribution in [3.05, 3.63) is 35.0 Å². The van der Waals surface area contributed by atoms with Crippen molar-refractivity contribution in [3.8, 4) is 0 Å². The van der Waals surface area contributed by atoms with Crippen molar-refractivity contribution in [1.82, 2.24) is 5.32 Å². The molecule has 1 aromatic heterocycles. The summed E-state index contributed by atoms with van der Waals surface area (Å²) in [4.78, 5) is 0. The second kappa shape index (κ2) is 8.54. The minimum absolute atomic E-state index is 0.556. The Bertz CT molecular complexity index is 266. The summed E-state index contributed by atoms with van der Waals surface area (Å²) in [6, 6.07) is 2.79. The van der Waals surface area contributed by atoms with Crippen molar-refractivity contribution in [3.63, 3.8) is 0 Å². The van der Waals surface area contributed by atoms with Gasteiger partial charge in [-0.15, -0.1) is 6.58 Å². The Morgan fingerprint density at radius 2 is 2.31 bits per heavy atom. The van der Waals surface area contributed by atoms with Crippen molar-refractivity contribution in [2.24, 2.45) is 0 Å². The van der Waals surface area contributed by atoms with Gasteiger partial charge in [0.1, 0.15) is 0 Å². The molecule has 1 unspecified atom stereocenters. The molecule has 0 spiro atoms. The molecular formula is C14H23NS. The number of hydrogen-bond acceptors (Lipinski definition) is 2. The third-order valence-electron chi connectivity index (χ3n) is 2.80. The maximum atomic E-state index is 3.75. The van der Waals surface area contributed by atoms with E-state index in [9.17, 15) is 0 Å². The number of thiophene rings is 1. The third kappa shape index (κ3) is 4.95. The Morgan fingerprint density at radius 1 is 1.44 bits per heavy atom. The van der Waals surface area contributed by atoms with E-state index in [1.807, 2.05) is 6.08 Å². The number of unbranched alkanes of at least 4 members (excludes halogenated alkanes) is 3. The summed E-state index contributed by atoms with van der Waals surface area (Å²) >= 11 is 1.79. The molecule has 0 aromatic carbocycles. The van der Waals surface area contributed by atoms with Gasteiger partial charge in [0.2, 0.25) is 0 Å². The maximum Gasteiger partial charge on any atom is 0.0328 e. The Hall–Kier alpha value is -0.600. The van der Waals surface area contributed by atoms with E-state index in [2.05, 4.69) is 35.6 Å². The van der Waals surface area contributed by atoms with Crippen LogP contribution in [0.2, 0.25) is 0 Å². The Morgan fingerprint density at radius 3 is 2.94 bits per heavy atom. The van der Waals surface area contributed by atoms with E-state index in [4.69, 9.17) is 0 Å². The molecule has 0 bridgehead atoms. The molecule has 0 aliphatic heterocycles. The molecular weight excluding hydrogens is 214 g/mol. The lowest BCUT2D eigenvalue weighted by Gasteiger charge is -2.16. The number of nitrogens with one attached hydrogen (secondary N) is 1. The fraction of sp³-hybridized carbons (Fsp3) is 0.571. The van der Waals surface area contributed by atoms with Gasteiger partial charge in [-0.2, -0.15) is 11.3 Å². The van der Waals surface area contributed by atoms with Crippen LogP contribution in [0.25, 0.3) is 0 Å². The summed E-state index contributed by atoms with van der Waals surface area (Å²) in [5.74, 6) is 0. The molecule has 1 rings (SSSR count). The first-order valence-electron chi connectivity index (χ1n) is 6.24. The number of rotatable bonds is 9. The zero-order chi connectivity index (χ0) is 11.6. The van der Waals surface area contributed by atoms with Crippen molar-refractivity contribution in [2.45, 2.75) is 45.1 Å². The van der Waals surface area contributed by atoms with Gasteiger partial charge >= 0.3 is 0 Å². The zero-order valence-corrected chi connectivity index (χ0v) is 11.1. The maximum absolute atomic E-state index is 3.75. The highest BCUT2D eigenvalue weighted by atomic mass is 32.1. The van der Waals surface area contributed by atoms with Crippen molar-refractivity contribution < 1.29 is 0 Å². The minimum Gasteiger partial charge on any atom is -0.310 e. The van der Waals surface area contributed by atoms with Gasteiger partial charge < -0.3 is 5.32 Å². The molecule has 1 heterocycles. The van der Waals surface area contributed by atoms with Gasteiger partial charge in [-0.05, 0) is 48.2 Å². The molecule has 0 amide bonds. The normalized spacial score (nSPS) is 12.6. The molecule has 1 aromatic rings. The van der Waals surface area contributed by atoms with Crippen LogP contribution < -0.4 is 5.32 Å². The Kier molecular flexibility index (Phi) is 7.19. The smallest absolute Gasteiger partial charge is 0.0328 e. The molecule has 90 valence electrons. The third-order valence-corrected chi connectivity index (χ3v) is 3.50. The Balaban J connectivity index is 2.26. The summed E-state index contributed by atoms with van der Waals surface area (Å²) in [7, 11) is 0. The summed E-state index contributed by atoms with van der Waals surface area (Å²) < 4.78 is 0. The molecule has 0 fully saturated rings. The SMILES string of the molecule is C=CCCCCCC(NCC)c1ccsc1. The summed E-state index contributed by atoms with van der Waals surface area (Å²) in [5, 5.41) is 7.99. The minimum atomic E-state index is 0.556. The molecule has 0 saturated heterocycles. The van der Waals surface area contributed by atoms with Crippen molar-refractivity contribution in [2.75, 3.05) is 6.54 Å². The fourth-order valence-electron chi connectivity index (χ4n) is 1.92. The molecule has 1 nitrogen and oxygen atoms in total. The quantitative estimate of drug-likeness (QED) is 0.491. The van der Waals surface area contributed by atoms with Crippen LogP contribution in [0.3, 0.4) is 0 Å². The molecule has 0 radical (unpaired) electrons. The van der Waals surface area contributed by atoms with Crippen LogP contribution in [0.1, 0.15) is 50.6 Å². The van der Waals surface area contributed by atoms with Gasteiger partial charge in [-0.1, -0.05) is 25.8 Å². The predicted octanol–water partition coefficient (Wildman–Crippen LogP) is 4.54. The summed E-state index contributed by atoms with van der Waals surface area (Å²) in [6.07, 6.45) is 8.33. The average molecular weight is 237 g/mol. The van der Waals surface area contributed by atoms with Crippen LogP contribution >= 0.6 is 11.3 Å². The molecule has 0 aliphatic carbocycles. The Labute approximate surface area is 104 Å². The molecule has 0 aliphatic rings.